The smallest absolute Gasteiger partial charge is 0.269 e. The summed E-state index contributed by atoms with van der Waals surface area (Å²) in [6.07, 6.45) is 3.37. The molecule has 3 atom stereocenters. The predicted molar refractivity (Wildman–Crippen MR) is 90.3 cm³/mol. The predicted octanol–water partition coefficient (Wildman–Crippen LogP) is 4.56. The number of thioether (sulfide) groups is 1. The highest BCUT2D eigenvalue weighted by molar-refractivity contribution is 8.15. The summed E-state index contributed by atoms with van der Waals surface area (Å²) in [7, 11) is 0. The van der Waals surface area contributed by atoms with Crippen LogP contribution in [0.5, 0.6) is 0 Å². The minimum absolute atomic E-state index is 0.0987. The van der Waals surface area contributed by atoms with E-state index in [0.717, 1.165) is 23.4 Å². The lowest BCUT2D eigenvalue weighted by Crippen LogP contribution is -2.43. The summed E-state index contributed by atoms with van der Waals surface area (Å²) in [5, 5.41) is 15.9. The van der Waals surface area contributed by atoms with Crippen LogP contribution < -0.4 is 0 Å². The zero-order valence-electron chi connectivity index (χ0n) is 13.5. The second kappa shape index (κ2) is 4.50. The van der Waals surface area contributed by atoms with E-state index in [1.807, 2.05) is 0 Å². The second-order valence-electron chi connectivity index (χ2n) is 7.98. The van der Waals surface area contributed by atoms with Crippen LogP contribution in [0, 0.1) is 26.9 Å². The Hall–Kier alpha value is -1.56. The molecule has 1 aromatic carbocycles. The van der Waals surface area contributed by atoms with Crippen LogP contribution in [-0.2, 0) is 4.84 Å². The molecule has 23 heavy (non-hydrogen) atoms. The van der Waals surface area contributed by atoms with E-state index in [-0.39, 0.29) is 21.0 Å². The average Bonchev–Trinajstić information content (AvgIpc) is 3.09. The molecule has 2 aliphatic carbocycles. The van der Waals surface area contributed by atoms with Crippen molar-refractivity contribution in [1.82, 2.24) is 0 Å². The lowest BCUT2D eigenvalue weighted by molar-refractivity contribution is -0.384. The van der Waals surface area contributed by atoms with Gasteiger partial charge in [-0.3, -0.25) is 10.1 Å². The van der Waals surface area contributed by atoms with E-state index in [9.17, 15) is 10.1 Å². The molecule has 1 aliphatic heterocycles. The normalized spacial score (nSPS) is 37.0. The highest BCUT2D eigenvalue weighted by atomic mass is 32.2. The quantitative estimate of drug-likeness (QED) is 0.588. The van der Waals surface area contributed by atoms with E-state index >= 15 is 0 Å². The summed E-state index contributed by atoms with van der Waals surface area (Å²) in [5.41, 5.74) is 1.50. The van der Waals surface area contributed by atoms with Crippen molar-refractivity contribution in [2.45, 2.75) is 45.0 Å². The largest absolute Gasteiger partial charge is 0.376 e. The van der Waals surface area contributed by atoms with Gasteiger partial charge < -0.3 is 4.84 Å². The van der Waals surface area contributed by atoms with Gasteiger partial charge in [0.1, 0.15) is 5.04 Å². The molecule has 122 valence electrons. The first-order valence-electron chi connectivity index (χ1n) is 7.95. The molecule has 0 amide bonds. The zero-order valence-corrected chi connectivity index (χ0v) is 14.4. The zero-order chi connectivity index (χ0) is 16.5. The first-order valence-corrected chi connectivity index (χ1v) is 8.76. The Morgan fingerprint density at radius 2 is 1.96 bits per heavy atom. The monoisotopic (exact) mass is 332 g/mol. The third-order valence-electron chi connectivity index (χ3n) is 5.95. The van der Waals surface area contributed by atoms with Crippen LogP contribution in [0.3, 0.4) is 0 Å². The summed E-state index contributed by atoms with van der Waals surface area (Å²) in [4.78, 5) is 16.1. The van der Waals surface area contributed by atoms with E-state index in [0.29, 0.717) is 11.3 Å². The van der Waals surface area contributed by atoms with Crippen molar-refractivity contribution >= 4 is 22.5 Å². The van der Waals surface area contributed by atoms with Crippen molar-refractivity contribution in [3.05, 3.63) is 39.9 Å². The first-order chi connectivity index (χ1) is 10.7. The van der Waals surface area contributed by atoms with Gasteiger partial charge in [0.05, 0.1) is 4.92 Å². The van der Waals surface area contributed by atoms with Gasteiger partial charge in [0, 0.05) is 29.5 Å². The van der Waals surface area contributed by atoms with Gasteiger partial charge in [-0.15, -0.1) is 0 Å². The Balaban J connectivity index is 1.57. The maximum absolute atomic E-state index is 10.8. The Morgan fingerprint density at radius 3 is 2.48 bits per heavy atom. The van der Waals surface area contributed by atoms with E-state index in [1.165, 1.54) is 18.6 Å². The summed E-state index contributed by atoms with van der Waals surface area (Å²) < 4.78 is 0. The average molecular weight is 332 g/mol. The van der Waals surface area contributed by atoms with Crippen LogP contribution in [0.4, 0.5) is 5.69 Å². The SMILES string of the molecule is CC1(C)C[C@@]2(C)C[C@@H]1C[C@]21ON=C(c2ccc([N+](=O)[O-])cc2)S1. The molecular formula is C17H20N2O3S. The Morgan fingerprint density at radius 1 is 1.26 bits per heavy atom. The van der Waals surface area contributed by atoms with Crippen molar-refractivity contribution < 1.29 is 9.76 Å². The van der Waals surface area contributed by atoms with Crippen molar-refractivity contribution in [1.29, 1.82) is 0 Å². The fourth-order valence-electron chi connectivity index (χ4n) is 4.71. The topological polar surface area (TPSA) is 64.7 Å². The number of nitro groups is 1. The maximum atomic E-state index is 10.8. The number of hydrogen-bond donors (Lipinski definition) is 0. The first kappa shape index (κ1) is 15.0. The van der Waals surface area contributed by atoms with Crippen LogP contribution in [-0.4, -0.2) is 14.9 Å². The molecule has 1 spiro atoms. The van der Waals surface area contributed by atoms with Crippen LogP contribution in [0.1, 0.15) is 45.6 Å². The fraction of sp³-hybridized carbons (Fsp3) is 0.588. The number of benzene rings is 1. The van der Waals surface area contributed by atoms with Gasteiger partial charge in [0.25, 0.3) is 5.69 Å². The maximum Gasteiger partial charge on any atom is 0.269 e. The van der Waals surface area contributed by atoms with E-state index in [1.54, 1.807) is 23.9 Å². The molecule has 0 aromatic heterocycles. The molecule has 0 radical (unpaired) electrons. The molecule has 0 unspecified atom stereocenters. The van der Waals surface area contributed by atoms with Gasteiger partial charge in [-0.05, 0) is 36.3 Å². The van der Waals surface area contributed by atoms with Crippen molar-refractivity contribution in [3.63, 3.8) is 0 Å². The molecule has 2 fully saturated rings. The summed E-state index contributed by atoms with van der Waals surface area (Å²) in [5.74, 6) is 0.673. The highest BCUT2D eigenvalue weighted by Gasteiger charge is 2.69. The van der Waals surface area contributed by atoms with E-state index < -0.39 is 0 Å². The van der Waals surface area contributed by atoms with E-state index in [2.05, 4.69) is 25.9 Å². The van der Waals surface area contributed by atoms with Crippen LogP contribution in [0.25, 0.3) is 0 Å². The third kappa shape index (κ3) is 2.04. The molecule has 2 bridgehead atoms. The van der Waals surface area contributed by atoms with Gasteiger partial charge in [0.15, 0.2) is 4.93 Å². The third-order valence-corrected chi connectivity index (χ3v) is 7.51. The Kier molecular flexibility index (Phi) is 2.93. The number of nitrogens with zero attached hydrogens (tertiary/aromatic N) is 2. The molecule has 0 saturated heterocycles. The number of hydrogen-bond acceptors (Lipinski definition) is 5. The Bertz CT molecular complexity index is 715. The number of rotatable bonds is 2. The molecule has 1 aromatic rings. The molecule has 0 N–H and O–H groups in total. The molecule has 6 heteroatoms. The summed E-state index contributed by atoms with van der Waals surface area (Å²) in [6, 6.07) is 6.56. The minimum Gasteiger partial charge on any atom is -0.376 e. The molecule has 3 aliphatic rings. The molecule has 1 heterocycles. The highest BCUT2D eigenvalue weighted by Crippen LogP contribution is 2.72. The molecular weight excluding hydrogens is 312 g/mol. The van der Waals surface area contributed by atoms with Gasteiger partial charge in [0.2, 0.25) is 0 Å². The van der Waals surface area contributed by atoms with Crippen LogP contribution in [0.2, 0.25) is 0 Å². The molecule has 5 nitrogen and oxygen atoms in total. The summed E-state index contributed by atoms with van der Waals surface area (Å²) >= 11 is 1.71. The fourth-order valence-corrected chi connectivity index (χ4v) is 6.11. The van der Waals surface area contributed by atoms with Gasteiger partial charge in [-0.25, -0.2) is 0 Å². The van der Waals surface area contributed by atoms with Gasteiger partial charge >= 0.3 is 0 Å². The molecule has 2 saturated carbocycles. The van der Waals surface area contributed by atoms with Crippen molar-refractivity contribution in [3.8, 4) is 0 Å². The van der Waals surface area contributed by atoms with Crippen LogP contribution >= 0.6 is 11.8 Å². The molecule has 4 rings (SSSR count). The lowest BCUT2D eigenvalue weighted by atomic mass is 9.71. The number of fused-ring (bicyclic) bond motifs is 3. The lowest BCUT2D eigenvalue weighted by Gasteiger charge is -2.43. The standard InChI is InChI=1S/C17H20N2O3S/c1-15(2)10-16(3)8-12(15)9-17(16)22-18-14(23-17)11-4-6-13(7-5-11)19(20)21/h4-7,12H,8-10H2,1-3H3/t12-,16-,17-/m1/s1. The second-order valence-corrected chi connectivity index (χ2v) is 9.23. The van der Waals surface area contributed by atoms with Crippen molar-refractivity contribution in [2.75, 3.05) is 0 Å². The number of nitro benzene ring substituents is 1. The van der Waals surface area contributed by atoms with E-state index in [4.69, 9.17) is 4.84 Å². The number of non-ortho nitro benzene ring substituents is 1. The van der Waals surface area contributed by atoms with Gasteiger partial charge in [-0.1, -0.05) is 37.7 Å². The Labute approximate surface area is 139 Å². The minimum atomic E-state index is -0.385. The van der Waals surface area contributed by atoms with Gasteiger partial charge in [-0.2, -0.15) is 0 Å². The van der Waals surface area contributed by atoms with Crippen LogP contribution in [0.15, 0.2) is 29.4 Å². The summed E-state index contributed by atoms with van der Waals surface area (Å²) in [6.45, 7) is 7.03. The van der Waals surface area contributed by atoms with Crippen molar-refractivity contribution in [2.24, 2.45) is 21.9 Å². The number of oxime groups is 1.